The predicted molar refractivity (Wildman–Crippen MR) is 62.9 cm³/mol. The maximum Gasteiger partial charge on any atom is 0.183 e. The van der Waals surface area contributed by atoms with Crippen LogP contribution in [0.4, 0.5) is 5.13 Å². The summed E-state index contributed by atoms with van der Waals surface area (Å²) in [6.45, 7) is 1.60. The molecule has 15 heavy (non-hydrogen) atoms. The Labute approximate surface area is 93.9 Å². The highest BCUT2D eigenvalue weighted by Gasteiger charge is 2.25. The van der Waals surface area contributed by atoms with Crippen molar-refractivity contribution < 1.29 is 4.79 Å². The first kappa shape index (κ1) is 10.6. The monoisotopic (exact) mass is 224 g/mol. The van der Waals surface area contributed by atoms with Crippen LogP contribution in [0.3, 0.4) is 0 Å². The molecular formula is C11H16N2OS. The third-order valence-electron chi connectivity index (χ3n) is 2.93. The van der Waals surface area contributed by atoms with Gasteiger partial charge in [-0.15, -0.1) is 11.3 Å². The summed E-state index contributed by atoms with van der Waals surface area (Å²) >= 11 is 1.64. The number of Topliss-reactive ketones (excluding diaryl/α,β-unsaturated/α-hetero) is 1. The van der Waals surface area contributed by atoms with Crippen molar-refractivity contribution in [1.29, 1.82) is 0 Å². The summed E-state index contributed by atoms with van der Waals surface area (Å²) in [7, 11) is 1.85. The molecule has 1 fully saturated rings. The molecule has 2 rings (SSSR count). The highest BCUT2D eigenvalue weighted by Crippen LogP contribution is 2.40. The van der Waals surface area contributed by atoms with Gasteiger partial charge >= 0.3 is 0 Å². The van der Waals surface area contributed by atoms with E-state index in [2.05, 4.69) is 10.3 Å². The molecule has 0 amide bonds. The quantitative estimate of drug-likeness (QED) is 0.802. The summed E-state index contributed by atoms with van der Waals surface area (Å²) in [5.41, 5.74) is 0.691. The Balaban J connectivity index is 2.34. The van der Waals surface area contributed by atoms with Crippen molar-refractivity contribution in [3.05, 3.63) is 10.6 Å². The van der Waals surface area contributed by atoms with Crippen LogP contribution in [0.15, 0.2) is 0 Å². The van der Waals surface area contributed by atoms with E-state index in [1.54, 1.807) is 18.3 Å². The highest BCUT2D eigenvalue weighted by molar-refractivity contribution is 7.16. The second kappa shape index (κ2) is 4.31. The SMILES string of the molecule is CNc1nc(C(C)=O)c(C2CCCC2)s1. The van der Waals surface area contributed by atoms with Crippen molar-refractivity contribution in [2.24, 2.45) is 0 Å². The number of anilines is 1. The van der Waals surface area contributed by atoms with E-state index in [9.17, 15) is 4.79 Å². The zero-order valence-corrected chi connectivity index (χ0v) is 9.99. The van der Waals surface area contributed by atoms with Crippen LogP contribution in [0.2, 0.25) is 0 Å². The molecule has 0 aliphatic heterocycles. The lowest BCUT2D eigenvalue weighted by Gasteiger charge is -2.06. The minimum absolute atomic E-state index is 0.0923. The van der Waals surface area contributed by atoms with Gasteiger partial charge in [0.2, 0.25) is 0 Å². The molecule has 1 saturated carbocycles. The molecule has 1 heterocycles. The summed E-state index contributed by atoms with van der Waals surface area (Å²) in [6, 6.07) is 0. The van der Waals surface area contributed by atoms with Crippen LogP contribution in [-0.4, -0.2) is 17.8 Å². The van der Waals surface area contributed by atoms with Crippen molar-refractivity contribution in [3.8, 4) is 0 Å². The van der Waals surface area contributed by atoms with Gasteiger partial charge in [0.05, 0.1) is 0 Å². The summed E-state index contributed by atoms with van der Waals surface area (Å²) in [6.07, 6.45) is 5.00. The lowest BCUT2D eigenvalue weighted by atomic mass is 10.0. The number of aromatic nitrogens is 1. The van der Waals surface area contributed by atoms with Crippen LogP contribution in [-0.2, 0) is 0 Å². The van der Waals surface area contributed by atoms with E-state index in [0.29, 0.717) is 11.6 Å². The molecule has 0 spiro atoms. The smallest absolute Gasteiger partial charge is 0.183 e. The van der Waals surface area contributed by atoms with E-state index in [1.807, 2.05) is 7.05 Å². The van der Waals surface area contributed by atoms with Crippen molar-refractivity contribution in [2.45, 2.75) is 38.5 Å². The first-order valence-electron chi connectivity index (χ1n) is 5.41. The number of ketones is 1. The molecule has 0 unspecified atom stereocenters. The normalized spacial score (nSPS) is 16.9. The van der Waals surface area contributed by atoms with E-state index in [0.717, 1.165) is 5.13 Å². The van der Waals surface area contributed by atoms with Gasteiger partial charge in [0.25, 0.3) is 0 Å². The molecule has 0 aromatic carbocycles. The third kappa shape index (κ3) is 2.04. The van der Waals surface area contributed by atoms with Crippen molar-refractivity contribution in [2.75, 3.05) is 12.4 Å². The minimum Gasteiger partial charge on any atom is -0.365 e. The molecule has 82 valence electrons. The molecule has 4 heteroatoms. The van der Waals surface area contributed by atoms with Gasteiger partial charge in [0.15, 0.2) is 10.9 Å². The molecule has 1 aliphatic carbocycles. The van der Waals surface area contributed by atoms with Crippen molar-refractivity contribution in [3.63, 3.8) is 0 Å². The number of hydrogen-bond acceptors (Lipinski definition) is 4. The van der Waals surface area contributed by atoms with Crippen LogP contribution >= 0.6 is 11.3 Å². The van der Waals surface area contributed by atoms with Gasteiger partial charge in [-0.2, -0.15) is 0 Å². The number of nitrogens with one attached hydrogen (secondary N) is 1. The Morgan fingerprint density at radius 2 is 2.13 bits per heavy atom. The van der Waals surface area contributed by atoms with Gasteiger partial charge in [0.1, 0.15) is 5.69 Å². The van der Waals surface area contributed by atoms with E-state index < -0.39 is 0 Å². The number of nitrogens with zero attached hydrogens (tertiary/aromatic N) is 1. The predicted octanol–water partition coefficient (Wildman–Crippen LogP) is 3.05. The topological polar surface area (TPSA) is 42.0 Å². The van der Waals surface area contributed by atoms with Crippen molar-refractivity contribution in [1.82, 2.24) is 4.98 Å². The second-order valence-electron chi connectivity index (χ2n) is 4.02. The third-order valence-corrected chi connectivity index (χ3v) is 4.16. The second-order valence-corrected chi connectivity index (χ2v) is 5.05. The fourth-order valence-electron chi connectivity index (χ4n) is 2.16. The van der Waals surface area contributed by atoms with E-state index >= 15 is 0 Å². The fourth-order valence-corrected chi connectivity index (χ4v) is 3.29. The Morgan fingerprint density at radius 3 is 2.67 bits per heavy atom. The zero-order valence-electron chi connectivity index (χ0n) is 9.17. The van der Waals surface area contributed by atoms with Crippen LogP contribution in [0.1, 0.15) is 53.9 Å². The van der Waals surface area contributed by atoms with E-state index in [-0.39, 0.29) is 5.78 Å². The van der Waals surface area contributed by atoms with Crippen LogP contribution in [0.5, 0.6) is 0 Å². The zero-order chi connectivity index (χ0) is 10.8. The van der Waals surface area contributed by atoms with Gasteiger partial charge < -0.3 is 5.32 Å². The molecule has 1 N–H and O–H groups in total. The average Bonchev–Trinajstić information content (AvgIpc) is 2.86. The van der Waals surface area contributed by atoms with Crippen LogP contribution < -0.4 is 5.32 Å². The average molecular weight is 224 g/mol. The van der Waals surface area contributed by atoms with Gasteiger partial charge in [-0.3, -0.25) is 4.79 Å². The summed E-state index contributed by atoms with van der Waals surface area (Å²) in [4.78, 5) is 17.0. The summed E-state index contributed by atoms with van der Waals surface area (Å²) in [5, 5.41) is 3.88. The molecule has 0 bridgehead atoms. The number of rotatable bonds is 3. The molecule has 1 aliphatic rings. The van der Waals surface area contributed by atoms with E-state index in [4.69, 9.17) is 0 Å². The maximum absolute atomic E-state index is 11.5. The maximum atomic E-state index is 11.5. The Hall–Kier alpha value is -0.900. The Bertz CT molecular complexity index is 367. The number of hydrogen-bond donors (Lipinski definition) is 1. The standard InChI is InChI=1S/C11H16N2OS/c1-7(14)9-10(8-5-3-4-6-8)15-11(12-2)13-9/h8H,3-6H2,1-2H3,(H,12,13). The highest BCUT2D eigenvalue weighted by atomic mass is 32.1. The van der Waals surface area contributed by atoms with Crippen molar-refractivity contribution >= 4 is 22.3 Å². The lowest BCUT2D eigenvalue weighted by molar-refractivity contribution is 0.101. The Morgan fingerprint density at radius 1 is 1.47 bits per heavy atom. The summed E-state index contributed by atoms with van der Waals surface area (Å²) < 4.78 is 0. The van der Waals surface area contributed by atoms with Gasteiger partial charge in [-0.25, -0.2) is 4.98 Å². The molecular weight excluding hydrogens is 208 g/mol. The molecule has 1 aromatic rings. The first-order valence-corrected chi connectivity index (χ1v) is 6.23. The molecule has 0 saturated heterocycles. The molecule has 3 nitrogen and oxygen atoms in total. The van der Waals surface area contributed by atoms with Gasteiger partial charge in [0, 0.05) is 18.8 Å². The van der Waals surface area contributed by atoms with Crippen LogP contribution in [0, 0.1) is 0 Å². The van der Waals surface area contributed by atoms with Gasteiger partial charge in [-0.05, 0) is 18.8 Å². The number of carbonyl (C=O) groups is 1. The lowest BCUT2D eigenvalue weighted by Crippen LogP contribution is -2.00. The summed E-state index contributed by atoms with van der Waals surface area (Å²) in [5.74, 6) is 0.665. The van der Waals surface area contributed by atoms with Crippen LogP contribution in [0.25, 0.3) is 0 Å². The first-order chi connectivity index (χ1) is 7.22. The number of carbonyl (C=O) groups excluding carboxylic acids is 1. The molecule has 0 radical (unpaired) electrons. The molecule has 1 aromatic heterocycles. The Kier molecular flexibility index (Phi) is 3.05. The number of thiazole rings is 1. The fraction of sp³-hybridized carbons (Fsp3) is 0.636. The van der Waals surface area contributed by atoms with Gasteiger partial charge in [-0.1, -0.05) is 12.8 Å². The minimum atomic E-state index is 0.0923. The largest absolute Gasteiger partial charge is 0.365 e. The van der Waals surface area contributed by atoms with E-state index in [1.165, 1.54) is 30.6 Å². The molecule has 0 atom stereocenters.